The van der Waals surface area contributed by atoms with Crippen LogP contribution in [-0.4, -0.2) is 17.5 Å². The Morgan fingerprint density at radius 3 is 2.41 bits per heavy atom. The monoisotopic (exact) mass is 315 g/mol. The van der Waals surface area contributed by atoms with E-state index >= 15 is 0 Å². The van der Waals surface area contributed by atoms with E-state index in [1.807, 2.05) is 42.5 Å². The van der Waals surface area contributed by atoms with Gasteiger partial charge in [-0.15, -0.1) is 6.58 Å². The number of halogens is 1. The number of hydrogen-bond donors (Lipinski definition) is 0. The number of rotatable bonds is 6. The number of carbonyl (C=O) groups is 1. The zero-order chi connectivity index (χ0) is 15.8. The number of hydrogen-bond acceptors (Lipinski definition) is 2. The molecule has 114 valence electrons. The van der Waals surface area contributed by atoms with E-state index in [1.165, 1.54) is 0 Å². The van der Waals surface area contributed by atoms with Crippen molar-refractivity contribution in [2.24, 2.45) is 0 Å². The van der Waals surface area contributed by atoms with Crippen molar-refractivity contribution in [2.75, 3.05) is 6.54 Å². The number of carbonyl (C=O) groups excluding carboxylic acids is 1. The molecule has 0 heterocycles. The van der Waals surface area contributed by atoms with Crippen molar-refractivity contribution in [3.63, 3.8) is 0 Å². The van der Waals surface area contributed by atoms with Crippen LogP contribution < -0.4 is 0 Å². The van der Waals surface area contributed by atoms with E-state index in [0.29, 0.717) is 18.1 Å². The summed E-state index contributed by atoms with van der Waals surface area (Å²) in [6.07, 6.45) is 1.32. The molecule has 0 saturated carbocycles. The zero-order valence-corrected chi connectivity index (χ0v) is 13.0. The van der Waals surface area contributed by atoms with Crippen molar-refractivity contribution >= 4 is 17.7 Å². The zero-order valence-electron chi connectivity index (χ0n) is 12.2. The molecule has 0 aromatic heterocycles. The maximum Gasteiger partial charge on any atom is 0.410 e. The Labute approximate surface area is 135 Å². The molecule has 0 radical (unpaired) electrons. The lowest BCUT2D eigenvalue weighted by atomic mass is 10.2. The van der Waals surface area contributed by atoms with E-state index in [2.05, 4.69) is 6.58 Å². The molecule has 22 heavy (non-hydrogen) atoms. The lowest BCUT2D eigenvalue weighted by Crippen LogP contribution is -2.31. The molecule has 0 aliphatic carbocycles. The van der Waals surface area contributed by atoms with Crippen molar-refractivity contribution in [1.82, 2.24) is 4.90 Å². The van der Waals surface area contributed by atoms with E-state index < -0.39 is 0 Å². The van der Waals surface area contributed by atoms with Crippen LogP contribution in [0.25, 0.3) is 0 Å². The van der Waals surface area contributed by atoms with E-state index in [9.17, 15) is 4.79 Å². The molecule has 2 aromatic carbocycles. The van der Waals surface area contributed by atoms with Gasteiger partial charge in [0.2, 0.25) is 0 Å². The van der Waals surface area contributed by atoms with Gasteiger partial charge >= 0.3 is 6.09 Å². The highest BCUT2D eigenvalue weighted by Crippen LogP contribution is 2.12. The van der Waals surface area contributed by atoms with Crippen molar-refractivity contribution < 1.29 is 9.53 Å². The molecule has 0 unspecified atom stereocenters. The third kappa shape index (κ3) is 4.93. The quantitative estimate of drug-likeness (QED) is 0.725. The Kier molecular flexibility index (Phi) is 6.04. The van der Waals surface area contributed by atoms with Crippen LogP contribution in [0, 0.1) is 0 Å². The molecule has 0 aliphatic heterocycles. The highest BCUT2D eigenvalue weighted by molar-refractivity contribution is 6.30. The standard InChI is InChI=1S/C18H18ClNO2/c1-2-12-20(13-15-8-10-17(19)11-9-15)18(21)22-14-16-6-4-3-5-7-16/h2-11H,1,12-14H2. The summed E-state index contributed by atoms with van der Waals surface area (Å²) in [7, 11) is 0. The smallest absolute Gasteiger partial charge is 0.410 e. The van der Waals surface area contributed by atoms with E-state index in [4.69, 9.17) is 16.3 Å². The van der Waals surface area contributed by atoms with Gasteiger partial charge in [0.05, 0.1) is 0 Å². The maximum absolute atomic E-state index is 12.2. The second-order valence-electron chi connectivity index (χ2n) is 4.84. The number of benzene rings is 2. The molecular weight excluding hydrogens is 298 g/mol. The Morgan fingerprint density at radius 2 is 1.77 bits per heavy atom. The van der Waals surface area contributed by atoms with Crippen LogP contribution in [-0.2, 0) is 17.9 Å². The Hall–Kier alpha value is -2.26. The molecular formula is C18H18ClNO2. The van der Waals surface area contributed by atoms with Gasteiger partial charge in [-0.2, -0.15) is 0 Å². The van der Waals surface area contributed by atoms with Crippen LogP contribution in [0.1, 0.15) is 11.1 Å². The second-order valence-corrected chi connectivity index (χ2v) is 5.27. The predicted octanol–water partition coefficient (Wildman–Crippen LogP) is 4.66. The van der Waals surface area contributed by atoms with Crippen LogP contribution in [0.2, 0.25) is 5.02 Å². The molecule has 0 spiro atoms. The van der Waals surface area contributed by atoms with Crippen LogP contribution in [0.5, 0.6) is 0 Å². The third-order valence-corrected chi connectivity index (χ3v) is 3.35. The lowest BCUT2D eigenvalue weighted by molar-refractivity contribution is 0.0978. The molecule has 0 saturated heterocycles. The summed E-state index contributed by atoms with van der Waals surface area (Å²) < 4.78 is 5.35. The van der Waals surface area contributed by atoms with Crippen LogP contribution in [0.15, 0.2) is 67.3 Å². The first-order valence-corrected chi connectivity index (χ1v) is 7.38. The minimum absolute atomic E-state index is 0.258. The normalized spacial score (nSPS) is 10.0. The van der Waals surface area contributed by atoms with E-state index in [1.54, 1.807) is 23.1 Å². The first-order valence-electron chi connectivity index (χ1n) is 7.00. The van der Waals surface area contributed by atoms with Gasteiger partial charge in [-0.25, -0.2) is 4.79 Å². The van der Waals surface area contributed by atoms with E-state index in [0.717, 1.165) is 11.1 Å². The summed E-state index contributed by atoms with van der Waals surface area (Å²) in [5.74, 6) is 0. The summed E-state index contributed by atoms with van der Waals surface area (Å²) in [6, 6.07) is 17.0. The van der Waals surface area contributed by atoms with Crippen molar-refractivity contribution in [1.29, 1.82) is 0 Å². The van der Waals surface area contributed by atoms with Crippen molar-refractivity contribution in [3.8, 4) is 0 Å². The molecule has 0 aliphatic rings. The summed E-state index contributed by atoms with van der Waals surface area (Å²) in [5.41, 5.74) is 1.95. The van der Waals surface area contributed by atoms with Crippen molar-refractivity contribution in [3.05, 3.63) is 83.4 Å². The summed E-state index contributed by atoms with van der Waals surface area (Å²) >= 11 is 5.87. The minimum Gasteiger partial charge on any atom is -0.445 e. The van der Waals surface area contributed by atoms with Gasteiger partial charge in [-0.1, -0.05) is 60.1 Å². The van der Waals surface area contributed by atoms with Gasteiger partial charge in [0.1, 0.15) is 6.61 Å². The topological polar surface area (TPSA) is 29.5 Å². The Bertz CT molecular complexity index is 611. The molecule has 4 heteroatoms. The Balaban J connectivity index is 1.95. The molecule has 1 amide bonds. The maximum atomic E-state index is 12.2. The number of amides is 1. The molecule has 3 nitrogen and oxygen atoms in total. The molecule has 0 bridgehead atoms. The van der Waals surface area contributed by atoms with Gasteiger partial charge < -0.3 is 9.64 Å². The fourth-order valence-corrected chi connectivity index (χ4v) is 2.11. The summed E-state index contributed by atoms with van der Waals surface area (Å²) in [4.78, 5) is 13.8. The first-order chi connectivity index (χ1) is 10.7. The van der Waals surface area contributed by atoms with Crippen LogP contribution in [0.3, 0.4) is 0 Å². The fourth-order valence-electron chi connectivity index (χ4n) is 1.98. The van der Waals surface area contributed by atoms with Crippen LogP contribution >= 0.6 is 11.6 Å². The van der Waals surface area contributed by atoms with Gasteiger partial charge in [-0.3, -0.25) is 0 Å². The predicted molar refractivity (Wildman–Crippen MR) is 88.7 cm³/mol. The van der Waals surface area contributed by atoms with Gasteiger partial charge in [0, 0.05) is 18.1 Å². The number of ether oxygens (including phenoxy) is 1. The van der Waals surface area contributed by atoms with Gasteiger partial charge in [0.15, 0.2) is 0 Å². The first kappa shape index (κ1) is 16.1. The largest absolute Gasteiger partial charge is 0.445 e. The highest BCUT2D eigenvalue weighted by Gasteiger charge is 2.14. The summed E-state index contributed by atoms with van der Waals surface area (Å²) in [5, 5.41) is 0.672. The van der Waals surface area contributed by atoms with Crippen LogP contribution in [0.4, 0.5) is 4.79 Å². The third-order valence-electron chi connectivity index (χ3n) is 3.10. The molecule has 2 rings (SSSR count). The molecule has 2 aromatic rings. The molecule has 0 fully saturated rings. The molecule has 0 N–H and O–H groups in total. The minimum atomic E-state index is -0.362. The summed E-state index contributed by atoms with van der Waals surface area (Å²) in [6.45, 7) is 4.83. The average molecular weight is 316 g/mol. The van der Waals surface area contributed by atoms with Crippen molar-refractivity contribution in [2.45, 2.75) is 13.2 Å². The Morgan fingerprint density at radius 1 is 1.09 bits per heavy atom. The number of nitrogens with zero attached hydrogens (tertiary/aromatic N) is 1. The van der Waals surface area contributed by atoms with Gasteiger partial charge in [0.25, 0.3) is 0 Å². The SMILES string of the molecule is C=CCN(Cc1ccc(Cl)cc1)C(=O)OCc1ccccc1. The lowest BCUT2D eigenvalue weighted by Gasteiger charge is -2.20. The highest BCUT2D eigenvalue weighted by atomic mass is 35.5. The van der Waals surface area contributed by atoms with E-state index in [-0.39, 0.29) is 12.7 Å². The fraction of sp³-hybridized carbons (Fsp3) is 0.167. The van der Waals surface area contributed by atoms with Gasteiger partial charge in [-0.05, 0) is 23.3 Å². The molecule has 0 atom stereocenters. The average Bonchev–Trinajstić information content (AvgIpc) is 2.55. The second kappa shape index (κ2) is 8.25.